The Balaban J connectivity index is 1.93. The lowest BCUT2D eigenvalue weighted by molar-refractivity contribution is -0.114. The third kappa shape index (κ3) is 4.35. The van der Waals surface area contributed by atoms with Crippen LogP contribution >= 0.6 is 0 Å². The van der Waals surface area contributed by atoms with Gasteiger partial charge < -0.3 is 5.32 Å². The Labute approximate surface area is 116 Å². The molecule has 1 aromatic rings. The van der Waals surface area contributed by atoms with Gasteiger partial charge in [-0.15, -0.1) is 0 Å². The summed E-state index contributed by atoms with van der Waals surface area (Å²) in [5.41, 5.74) is 2.19. The fourth-order valence-corrected chi connectivity index (χ4v) is 3.08. The maximum Gasteiger partial charge on any atom is 0.221 e. The van der Waals surface area contributed by atoms with Crippen molar-refractivity contribution in [1.29, 1.82) is 0 Å². The summed E-state index contributed by atoms with van der Waals surface area (Å²) in [4.78, 5) is 13.5. The Morgan fingerprint density at radius 1 is 1.21 bits per heavy atom. The number of likely N-dealkylation sites (tertiary alicyclic amines) is 1. The van der Waals surface area contributed by atoms with E-state index in [4.69, 9.17) is 0 Å². The molecule has 3 nitrogen and oxygen atoms in total. The molecule has 0 radical (unpaired) electrons. The molecule has 1 N–H and O–H groups in total. The first-order chi connectivity index (χ1) is 9.02. The molecule has 0 unspecified atom stereocenters. The van der Waals surface area contributed by atoms with Gasteiger partial charge in [-0.2, -0.15) is 0 Å². The summed E-state index contributed by atoms with van der Waals surface area (Å²) < 4.78 is 0. The predicted molar refractivity (Wildman–Crippen MR) is 79.0 cm³/mol. The molecule has 1 aliphatic heterocycles. The van der Waals surface area contributed by atoms with E-state index in [1.165, 1.54) is 32.0 Å². The largest absolute Gasteiger partial charge is 0.326 e. The number of nitrogens with zero attached hydrogens (tertiary/aromatic N) is 1. The zero-order chi connectivity index (χ0) is 13.8. The van der Waals surface area contributed by atoms with Crippen LogP contribution in [0.4, 0.5) is 5.69 Å². The molecule has 1 amide bonds. The highest BCUT2D eigenvalue weighted by atomic mass is 16.1. The van der Waals surface area contributed by atoms with Crippen LogP contribution in [0.15, 0.2) is 24.3 Å². The molecular formula is C16H24N2O. The van der Waals surface area contributed by atoms with Crippen LogP contribution in [0.1, 0.15) is 32.8 Å². The second-order valence-corrected chi connectivity index (χ2v) is 6.02. The zero-order valence-electron chi connectivity index (χ0n) is 12.1. The number of rotatable bonds is 3. The lowest BCUT2D eigenvalue weighted by atomic mass is 9.91. The minimum absolute atomic E-state index is 0.0218. The summed E-state index contributed by atoms with van der Waals surface area (Å²) in [7, 11) is 0. The molecule has 1 aliphatic rings. The summed E-state index contributed by atoms with van der Waals surface area (Å²) in [6.45, 7) is 9.60. The van der Waals surface area contributed by atoms with E-state index in [9.17, 15) is 4.79 Å². The van der Waals surface area contributed by atoms with Crippen LogP contribution in [-0.2, 0) is 11.3 Å². The monoisotopic (exact) mass is 260 g/mol. The number of piperidine rings is 1. The van der Waals surface area contributed by atoms with Crippen molar-refractivity contribution in [2.75, 3.05) is 18.4 Å². The van der Waals surface area contributed by atoms with Crippen LogP contribution in [0.3, 0.4) is 0 Å². The van der Waals surface area contributed by atoms with Crippen molar-refractivity contribution in [3.05, 3.63) is 29.8 Å². The smallest absolute Gasteiger partial charge is 0.221 e. The SMILES string of the molecule is CC(=O)Nc1ccc(CN2C[C@H](C)C[C@@H](C)C2)cc1. The van der Waals surface area contributed by atoms with Crippen molar-refractivity contribution in [2.24, 2.45) is 11.8 Å². The van der Waals surface area contributed by atoms with Gasteiger partial charge in [0.2, 0.25) is 5.91 Å². The normalized spacial score (nSPS) is 24.2. The van der Waals surface area contributed by atoms with Gasteiger partial charge in [0.15, 0.2) is 0 Å². The number of amides is 1. The maximum atomic E-state index is 11.0. The van der Waals surface area contributed by atoms with E-state index in [1.807, 2.05) is 12.1 Å². The number of nitrogens with one attached hydrogen (secondary N) is 1. The average molecular weight is 260 g/mol. The van der Waals surface area contributed by atoms with Crippen molar-refractivity contribution in [2.45, 2.75) is 33.7 Å². The first kappa shape index (κ1) is 14.1. The molecule has 1 aromatic carbocycles. The van der Waals surface area contributed by atoms with Gasteiger partial charge in [0, 0.05) is 32.2 Å². The molecule has 0 bridgehead atoms. The van der Waals surface area contributed by atoms with Crippen LogP contribution in [0.5, 0.6) is 0 Å². The van der Waals surface area contributed by atoms with Gasteiger partial charge in [-0.1, -0.05) is 26.0 Å². The summed E-state index contributed by atoms with van der Waals surface area (Å²) in [6, 6.07) is 8.17. The van der Waals surface area contributed by atoms with E-state index in [-0.39, 0.29) is 5.91 Å². The molecule has 3 heteroatoms. The maximum absolute atomic E-state index is 11.0. The Bertz CT molecular complexity index is 417. The average Bonchev–Trinajstić information content (AvgIpc) is 2.29. The summed E-state index contributed by atoms with van der Waals surface area (Å²) in [5, 5.41) is 2.80. The predicted octanol–water partition coefficient (Wildman–Crippen LogP) is 3.12. The fraction of sp³-hybridized carbons (Fsp3) is 0.562. The van der Waals surface area contributed by atoms with Crippen LogP contribution in [0, 0.1) is 11.8 Å². The van der Waals surface area contributed by atoms with Crippen molar-refractivity contribution in [1.82, 2.24) is 4.90 Å². The van der Waals surface area contributed by atoms with Crippen molar-refractivity contribution in [3.8, 4) is 0 Å². The van der Waals surface area contributed by atoms with Crippen LogP contribution in [-0.4, -0.2) is 23.9 Å². The molecule has 1 heterocycles. The minimum atomic E-state index is -0.0218. The Morgan fingerprint density at radius 3 is 2.32 bits per heavy atom. The quantitative estimate of drug-likeness (QED) is 0.905. The third-order valence-corrected chi connectivity index (χ3v) is 3.62. The number of anilines is 1. The zero-order valence-corrected chi connectivity index (χ0v) is 12.1. The van der Waals surface area contributed by atoms with Crippen molar-refractivity contribution >= 4 is 11.6 Å². The lowest BCUT2D eigenvalue weighted by Gasteiger charge is -2.35. The van der Waals surface area contributed by atoms with Gasteiger partial charge in [0.05, 0.1) is 0 Å². The van der Waals surface area contributed by atoms with Gasteiger partial charge in [0.25, 0.3) is 0 Å². The highest BCUT2D eigenvalue weighted by Crippen LogP contribution is 2.22. The molecule has 0 aliphatic carbocycles. The van der Waals surface area contributed by atoms with Crippen LogP contribution in [0.2, 0.25) is 0 Å². The van der Waals surface area contributed by atoms with Crippen LogP contribution in [0.25, 0.3) is 0 Å². The Hall–Kier alpha value is -1.35. The molecule has 0 spiro atoms. The molecule has 19 heavy (non-hydrogen) atoms. The number of carbonyl (C=O) groups is 1. The second-order valence-electron chi connectivity index (χ2n) is 6.02. The first-order valence-electron chi connectivity index (χ1n) is 7.12. The molecule has 0 aromatic heterocycles. The summed E-state index contributed by atoms with van der Waals surface area (Å²) in [6.07, 6.45) is 1.35. The Morgan fingerprint density at radius 2 is 1.79 bits per heavy atom. The lowest BCUT2D eigenvalue weighted by Crippen LogP contribution is -2.38. The van der Waals surface area contributed by atoms with Gasteiger partial charge in [-0.25, -0.2) is 0 Å². The van der Waals surface area contributed by atoms with E-state index in [0.29, 0.717) is 0 Å². The summed E-state index contributed by atoms with van der Waals surface area (Å²) >= 11 is 0. The number of carbonyl (C=O) groups excluding carboxylic acids is 1. The minimum Gasteiger partial charge on any atom is -0.326 e. The molecule has 1 saturated heterocycles. The number of benzene rings is 1. The van der Waals surface area contributed by atoms with E-state index < -0.39 is 0 Å². The van der Waals surface area contributed by atoms with Crippen molar-refractivity contribution in [3.63, 3.8) is 0 Å². The molecule has 0 saturated carbocycles. The fourth-order valence-electron chi connectivity index (χ4n) is 3.08. The highest BCUT2D eigenvalue weighted by molar-refractivity contribution is 5.88. The van der Waals surface area contributed by atoms with E-state index in [2.05, 4.69) is 36.2 Å². The van der Waals surface area contributed by atoms with Crippen molar-refractivity contribution < 1.29 is 4.79 Å². The first-order valence-corrected chi connectivity index (χ1v) is 7.12. The second kappa shape index (κ2) is 6.20. The molecule has 1 fully saturated rings. The molecular weight excluding hydrogens is 236 g/mol. The third-order valence-electron chi connectivity index (χ3n) is 3.62. The summed E-state index contributed by atoms with van der Waals surface area (Å²) in [5.74, 6) is 1.57. The number of hydrogen-bond donors (Lipinski definition) is 1. The van der Waals surface area contributed by atoms with E-state index in [1.54, 1.807) is 0 Å². The van der Waals surface area contributed by atoms with Gasteiger partial charge in [-0.3, -0.25) is 9.69 Å². The van der Waals surface area contributed by atoms with E-state index in [0.717, 1.165) is 24.1 Å². The molecule has 2 atom stereocenters. The van der Waals surface area contributed by atoms with Gasteiger partial charge >= 0.3 is 0 Å². The topological polar surface area (TPSA) is 32.3 Å². The van der Waals surface area contributed by atoms with Gasteiger partial charge in [-0.05, 0) is 36.0 Å². The number of hydrogen-bond acceptors (Lipinski definition) is 2. The Kier molecular flexibility index (Phi) is 4.59. The van der Waals surface area contributed by atoms with Crippen LogP contribution < -0.4 is 5.32 Å². The standard InChI is InChI=1S/C16H24N2O/c1-12-8-13(2)10-18(9-12)11-15-4-6-16(7-5-15)17-14(3)19/h4-7,12-13H,8-11H2,1-3H3,(H,17,19)/t12-,13-/m1/s1. The highest BCUT2D eigenvalue weighted by Gasteiger charge is 2.21. The van der Waals surface area contributed by atoms with E-state index >= 15 is 0 Å². The van der Waals surface area contributed by atoms with Gasteiger partial charge in [0.1, 0.15) is 0 Å². The molecule has 104 valence electrons. The molecule has 2 rings (SSSR count).